The van der Waals surface area contributed by atoms with Gasteiger partial charge in [0, 0.05) is 57.3 Å². The molecule has 0 spiro atoms. The lowest BCUT2D eigenvalue weighted by Gasteiger charge is -2.30. The number of nitrogens with one attached hydrogen (secondary N) is 1. The fraction of sp³-hybridized carbons (Fsp3) is 0.320. The topological polar surface area (TPSA) is 78.0 Å². The van der Waals surface area contributed by atoms with Crippen LogP contribution in [0, 0.1) is 0 Å². The highest BCUT2D eigenvalue weighted by Crippen LogP contribution is 2.22. The van der Waals surface area contributed by atoms with E-state index in [-0.39, 0.29) is 0 Å². The molecule has 1 unspecified atom stereocenters. The van der Waals surface area contributed by atoms with Crippen molar-refractivity contribution in [2.75, 3.05) is 26.7 Å². The third-order valence-corrected chi connectivity index (χ3v) is 5.93. The van der Waals surface area contributed by atoms with Gasteiger partial charge >= 0.3 is 0 Å². The lowest BCUT2D eigenvalue weighted by atomic mass is 10.00. The molecule has 0 amide bonds. The van der Waals surface area contributed by atoms with E-state index >= 15 is 0 Å². The normalized spacial score (nSPS) is 16.1. The standard InChI is InChI=1S/C25H30N6O/c1-26-23(19-8-9-20-14-29-30(3)24(20)12-19)13-25(27-2)28-15-22(32)17-31-11-10-18-6-4-5-7-21(18)16-31/h4-9,12-14,22,32H,1,10-11,15-17H2,2-3H3,(H,27,28)/b23-13-. The first-order valence-electron chi connectivity index (χ1n) is 10.9. The number of aryl methyl sites for hydroxylation is 1. The fourth-order valence-electron chi connectivity index (χ4n) is 4.14. The first-order chi connectivity index (χ1) is 15.6. The van der Waals surface area contributed by atoms with Crippen LogP contribution in [0.25, 0.3) is 16.6 Å². The Morgan fingerprint density at radius 1 is 1.28 bits per heavy atom. The number of β-amino-alcohol motifs (C(OH)–C–C–N with tert-alkyl or cyclic N) is 1. The molecule has 3 aromatic rings. The zero-order valence-electron chi connectivity index (χ0n) is 18.7. The number of amidine groups is 1. The molecule has 4 rings (SSSR count). The summed E-state index contributed by atoms with van der Waals surface area (Å²) >= 11 is 0. The zero-order chi connectivity index (χ0) is 22.5. The van der Waals surface area contributed by atoms with Crippen molar-refractivity contribution in [3.8, 4) is 0 Å². The minimum Gasteiger partial charge on any atom is -0.390 e. The van der Waals surface area contributed by atoms with Gasteiger partial charge in [-0.2, -0.15) is 5.10 Å². The molecule has 166 valence electrons. The molecule has 1 aromatic heterocycles. The van der Waals surface area contributed by atoms with Crippen molar-refractivity contribution < 1.29 is 5.11 Å². The number of fused-ring (bicyclic) bond motifs is 2. The maximum atomic E-state index is 10.6. The molecule has 2 N–H and O–H groups in total. The number of nitrogens with zero attached hydrogens (tertiary/aromatic N) is 5. The highest BCUT2D eigenvalue weighted by Gasteiger charge is 2.18. The Morgan fingerprint density at radius 3 is 2.88 bits per heavy atom. The van der Waals surface area contributed by atoms with E-state index in [0.29, 0.717) is 24.6 Å². The molecule has 1 atom stereocenters. The van der Waals surface area contributed by atoms with Gasteiger partial charge in [-0.3, -0.25) is 19.6 Å². The summed E-state index contributed by atoms with van der Waals surface area (Å²) < 4.78 is 1.84. The predicted octanol–water partition coefficient (Wildman–Crippen LogP) is 2.65. The van der Waals surface area contributed by atoms with Gasteiger partial charge in [-0.1, -0.05) is 36.4 Å². The number of aromatic nitrogens is 2. The van der Waals surface area contributed by atoms with Gasteiger partial charge in [0.2, 0.25) is 0 Å². The summed E-state index contributed by atoms with van der Waals surface area (Å²) in [6.45, 7) is 6.59. The molecule has 0 radical (unpaired) electrons. The molecule has 7 heteroatoms. The smallest absolute Gasteiger partial charge is 0.122 e. The maximum Gasteiger partial charge on any atom is 0.122 e. The molecule has 0 saturated heterocycles. The van der Waals surface area contributed by atoms with Crippen molar-refractivity contribution in [3.05, 3.63) is 71.4 Å². The molecule has 7 nitrogen and oxygen atoms in total. The number of aliphatic imine (C=N–C) groups is 2. The Kier molecular flexibility index (Phi) is 6.78. The number of benzene rings is 2. The molecule has 0 saturated carbocycles. The summed E-state index contributed by atoms with van der Waals surface area (Å²) in [5, 5.41) is 19.2. The van der Waals surface area contributed by atoms with Gasteiger partial charge in [-0.15, -0.1) is 0 Å². The Balaban J connectivity index is 1.37. The van der Waals surface area contributed by atoms with Gasteiger partial charge in [-0.05, 0) is 30.3 Å². The highest BCUT2D eigenvalue weighted by molar-refractivity contribution is 6.00. The van der Waals surface area contributed by atoms with E-state index < -0.39 is 6.10 Å². The van der Waals surface area contributed by atoms with E-state index in [1.54, 1.807) is 7.05 Å². The van der Waals surface area contributed by atoms with E-state index in [9.17, 15) is 5.11 Å². The van der Waals surface area contributed by atoms with E-state index in [1.165, 1.54) is 11.1 Å². The molecule has 0 aliphatic carbocycles. The van der Waals surface area contributed by atoms with Crippen LogP contribution in [-0.4, -0.2) is 65.1 Å². The van der Waals surface area contributed by atoms with E-state index in [2.05, 4.69) is 56.3 Å². The SMILES string of the molecule is C=N/C(=C\C(=NC)NCC(O)CN1CCc2ccccc2C1)c1ccc2cnn(C)c2c1. The summed E-state index contributed by atoms with van der Waals surface area (Å²) in [5.41, 5.74) is 5.44. The quantitative estimate of drug-likeness (QED) is 0.446. The van der Waals surface area contributed by atoms with Gasteiger partial charge in [0.25, 0.3) is 0 Å². The molecule has 2 aromatic carbocycles. The van der Waals surface area contributed by atoms with Crippen LogP contribution in [0.15, 0.2) is 64.7 Å². The van der Waals surface area contributed by atoms with Crippen LogP contribution in [0.2, 0.25) is 0 Å². The first-order valence-corrected chi connectivity index (χ1v) is 10.9. The molecule has 0 bridgehead atoms. The third kappa shape index (κ3) is 4.95. The summed E-state index contributed by atoms with van der Waals surface area (Å²) in [5.74, 6) is 0.653. The first kappa shape index (κ1) is 21.9. The number of rotatable bonds is 7. The van der Waals surface area contributed by atoms with Crippen LogP contribution in [0.1, 0.15) is 16.7 Å². The van der Waals surface area contributed by atoms with Crippen LogP contribution < -0.4 is 5.32 Å². The second-order valence-electron chi connectivity index (χ2n) is 8.13. The van der Waals surface area contributed by atoms with Crippen LogP contribution in [0.4, 0.5) is 0 Å². The minimum atomic E-state index is -0.503. The summed E-state index contributed by atoms with van der Waals surface area (Å²) in [6.07, 6.45) is 4.22. The van der Waals surface area contributed by atoms with Gasteiger partial charge in [0.1, 0.15) is 5.84 Å². The summed E-state index contributed by atoms with van der Waals surface area (Å²) in [4.78, 5) is 10.8. The minimum absolute atomic E-state index is 0.409. The predicted molar refractivity (Wildman–Crippen MR) is 131 cm³/mol. The van der Waals surface area contributed by atoms with E-state index in [0.717, 1.165) is 36.0 Å². The van der Waals surface area contributed by atoms with Crippen molar-refractivity contribution >= 4 is 29.2 Å². The van der Waals surface area contributed by atoms with Crippen molar-refractivity contribution in [3.63, 3.8) is 0 Å². The van der Waals surface area contributed by atoms with E-state index in [1.807, 2.05) is 42.2 Å². The van der Waals surface area contributed by atoms with Crippen LogP contribution in [-0.2, 0) is 20.0 Å². The van der Waals surface area contributed by atoms with Crippen molar-refractivity contribution in [1.82, 2.24) is 20.0 Å². The van der Waals surface area contributed by atoms with Crippen LogP contribution in [0.3, 0.4) is 0 Å². The molecule has 2 heterocycles. The monoisotopic (exact) mass is 430 g/mol. The van der Waals surface area contributed by atoms with Gasteiger partial charge in [0.15, 0.2) is 0 Å². The number of aliphatic hydroxyl groups is 1. The van der Waals surface area contributed by atoms with Gasteiger partial charge < -0.3 is 10.4 Å². The Morgan fingerprint density at radius 2 is 2.09 bits per heavy atom. The lowest BCUT2D eigenvalue weighted by Crippen LogP contribution is -2.41. The van der Waals surface area contributed by atoms with Crippen molar-refractivity contribution in [2.45, 2.75) is 19.1 Å². The van der Waals surface area contributed by atoms with Crippen LogP contribution in [0.5, 0.6) is 0 Å². The third-order valence-electron chi connectivity index (χ3n) is 5.93. The second-order valence-corrected chi connectivity index (χ2v) is 8.13. The molecule has 1 aliphatic rings. The van der Waals surface area contributed by atoms with E-state index in [4.69, 9.17) is 0 Å². The fourth-order valence-corrected chi connectivity index (χ4v) is 4.14. The Bertz CT molecular complexity index is 1160. The molecule has 32 heavy (non-hydrogen) atoms. The second kappa shape index (κ2) is 9.89. The summed E-state index contributed by atoms with van der Waals surface area (Å²) in [7, 11) is 3.64. The maximum absolute atomic E-state index is 10.6. The lowest BCUT2D eigenvalue weighted by molar-refractivity contribution is 0.108. The Labute approximate surface area is 188 Å². The number of hydrogen-bond acceptors (Lipinski definition) is 5. The zero-order valence-corrected chi connectivity index (χ0v) is 18.7. The van der Waals surface area contributed by atoms with Crippen molar-refractivity contribution in [1.29, 1.82) is 0 Å². The average Bonchev–Trinajstić information content (AvgIpc) is 3.19. The molecule has 1 aliphatic heterocycles. The van der Waals surface area contributed by atoms with Gasteiger partial charge in [-0.25, -0.2) is 0 Å². The molecular weight excluding hydrogens is 400 g/mol. The highest BCUT2D eigenvalue weighted by atomic mass is 16.3. The van der Waals surface area contributed by atoms with Crippen molar-refractivity contribution in [2.24, 2.45) is 17.0 Å². The van der Waals surface area contributed by atoms with Crippen LogP contribution >= 0.6 is 0 Å². The number of hydrogen-bond donors (Lipinski definition) is 2. The summed E-state index contributed by atoms with van der Waals surface area (Å²) in [6, 6.07) is 14.6. The van der Waals surface area contributed by atoms with Gasteiger partial charge in [0.05, 0.1) is 23.5 Å². The average molecular weight is 431 g/mol. The largest absolute Gasteiger partial charge is 0.390 e. The molecule has 0 fully saturated rings. The Hall–Kier alpha value is -3.29. The molecular formula is C25H30N6O. The number of aliphatic hydroxyl groups excluding tert-OH is 1.